The van der Waals surface area contributed by atoms with Crippen molar-refractivity contribution in [3.63, 3.8) is 0 Å². The number of hydrogen-bond donors (Lipinski definition) is 1. The lowest BCUT2D eigenvalue weighted by Crippen LogP contribution is -2.54. The van der Waals surface area contributed by atoms with Crippen molar-refractivity contribution >= 4 is 39.1 Å². The van der Waals surface area contributed by atoms with Gasteiger partial charge in [-0.05, 0) is 49.2 Å². The fourth-order valence-electron chi connectivity index (χ4n) is 4.42. The smallest absolute Gasteiger partial charge is 0.244 e. The highest BCUT2D eigenvalue weighted by Gasteiger charge is 2.33. The molecule has 0 bridgehead atoms. The molecule has 11 heteroatoms. The molecule has 4 rings (SSSR count). The van der Waals surface area contributed by atoms with E-state index in [1.54, 1.807) is 36.4 Å². The standard InChI is InChI=1S/C29H32ClN3O6S/c1-20(2)31-29(35)25(15-21-8-5-4-6-9-21)32(17-22-10-7-11-23(30)14-22)28(34)18-33(40(3,36)37)24-12-13-26-27(16-24)39-19-38-26/h4-14,16,20,25H,15,17-19H2,1-3H3,(H,31,35). The highest BCUT2D eigenvalue weighted by atomic mass is 35.5. The Balaban J connectivity index is 1.73. The summed E-state index contributed by atoms with van der Waals surface area (Å²) in [6.07, 6.45) is 1.26. The molecule has 0 saturated heterocycles. The van der Waals surface area contributed by atoms with Crippen LogP contribution in [0.15, 0.2) is 72.8 Å². The van der Waals surface area contributed by atoms with Crippen molar-refractivity contribution in [2.45, 2.75) is 38.9 Å². The lowest BCUT2D eigenvalue weighted by molar-refractivity contribution is -0.140. The van der Waals surface area contributed by atoms with Crippen LogP contribution in [0.4, 0.5) is 5.69 Å². The van der Waals surface area contributed by atoms with Gasteiger partial charge in [0.25, 0.3) is 0 Å². The van der Waals surface area contributed by atoms with Gasteiger partial charge in [0.05, 0.1) is 11.9 Å². The van der Waals surface area contributed by atoms with E-state index in [0.717, 1.165) is 16.1 Å². The number of carbonyl (C=O) groups is 2. The zero-order valence-corrected chi connectivity index (χ0v) is 24.1. The fourth-order valence-corrected chi connectivity index (χ4v) is 5.48. The molecule has 1 N–H and O–H groups in total. The van der Waals surface area contributed by atoms with Crippen molar-refractivity contribution in [3.8, 4) is 11.5 Å². The van der Waals surface area contributed by atoms with Gasteiger partial charge in [-0.2, -0.15) is 0 Å². The Kier molecular flexibility index (Phi) is 9.21. The van der Waals surface area contributed by atoms with Crippen LogP contribution in [-0.4, -0.2) is 56.8 Å². The van der Waals surface area contributed by atoms with E-state index in [1.807, 2.05) is 44.2 Å². The van der Waals surface area contributed by atoms with Crippen LogP contribution in [0.1, 0.15) is 25.0 Å². The number of anilines is 1. The first-order valence-electron chi connectivity index (χ1n) is 12.8. The number of ether oxygens (including phenoxy) is 2. The van der Waals surface area contributed by atoms with Crippen molar-refractivity contribution < 1.29 is 27.5 Å². The largest absolute Gasteiger partial charge is 0.454 e. The average molecular weight is 586 g/mol. The van der Waals surface area contributed by atoms with Crippen molar-refractivity contribution in [1.29, 1.82) is 0 Å². The summed E-state index contributed by atoms with van der Waals surface area (Å²) in [6.45, 7) is 3.22. The van der Waals surface area contributed by atoms with Crippen LogP contribution in [0.25, 0.3) is 0 Å². The number of nitrogens with zero attached hydrogens (tertiary/aromatic N) is 2. The van der Waals surface area contributed by atoms with Gasteiger partial charge in [-0.3, -0.25) is 13.9 Å². The topological polar surface area (TPSA) is 105 Å². The molecule has 0 aromatic heterocycles. The molecule has 0 saturated carbocycles. The Hall–Kier alpha value is -3.76. The first-order valence-corrected chi connectivity index (χ1v) is 15.0. The quantitative estimate of drug-likeness (QED) is 0.365. The number of halogens is 1. The Morgan fingerprint density at radius 1 is 0.950 bits per heavy atom. The van der Waals surface area contributed by atoms with Crippen LogP contribution in [0.5, 0.6) is 11.5 Å². The molecule has 2 amide bonds. The molecule has 1 aliphatic rings. The van der Waals surface area contributed by atoms with Crippen molar-refractivity contribution in [2.75, 3.05) is 23.9 Å². The number of fused-ring (bicyclic) bond motifs is 1. The summed E-state index contributed by atoms with van der Waals surface area (Å²) in [7, 11) is -3.90. The second kappa shape index (κ2) is 12.6. The van der Waals surface area contributed by atoms with Crippen molar-refractivity contribution in [2.24, 2.45) is 0 Å². The number of carbonyl (C=O) groups excluding carboxylic acids is 2. The Morgan fingerprint density at radius 3 is 2.33 bits per heavy atom. The lowest BCUT2D eigenvalue weighted by Gasteiger charge is -2.34. The Bertz CT molecular complexity index is 1470. The summed E-state index contributed by atoms with van der Waals surface area (Å²) < 4.78 is 37.6. The SMILES string of the molecule is CC(C)NC(=O)C(Cc1ccccc1)N(Cc1cccc(Cl)c1)C(=O)CN(c1ccc2c(c1)OCO2)S(C)(=O)=O. The molecular formula is C29H32ClN3O6S. The molecular weight excluding hydrogens is 554 g/mol. The van der Waals surface area contributed by atoms with Gasteiger partial charge in [0.1, 0.15) is 12.6 Å². The number of rotatable bonds is 11. The van der Waals surface area contributed by atoms with Gasteiger partial charge < -0.3 is 19.7 Å². The van der Waals surface area contributed by atoms with Gasteiger partial charge in [0.15, 0.2) is 11.5 Å². The third-order valence-corrected chi connectivity index (χ3v) is 7.64. The van der Waals surface area contributed by atoms with Crippen molar-refractivity contribution in [3.05, 3.63) is 88.9 Å². The zero-order chi connectivity index (χ0) is 28.9. The third-order valence-electron chi connectivity index (χ3n) is 6.27. The minimum Gasteiger partial charge on any atom is -0.454 e. The van der Waals surface area contributed by atoms with Crippen LogP contribution in [0, 0.1) is 0 Å². The molecule has 1 heterocycles. The number of sulfonamides is 1. The van der Waals surface area contributed by atoms with Gasteiger partial charge in [-0.15, -0.1) is 0 Å². The average Bonchev–Trinajstić information content (AvgIpc) is 3.36. The molecule has 0 aliphatic carbocycles. The lowest BCUT2D eigenvalue weighted by atomic mass is 10.0. The molecule has 212 valence electrons. The van der Waals surface area contributed by atoms with Crippen molar-refractivity contribution in [1.82, 2.24) is 10.2 Å². The van der Waals surface area contributed by atoms with Crippen LogP contribution in [-0.2, 0) is 32.6 Å². The molecule has 0 spiro atoms. The highest BCUT2D eigenvalue weighted by molar-refractivity contribution is 7.92. The maximum absolute atomic E-state index is 14.1. The predicted octanol–water partition coefficient (Wildman–Crippen LogP) is 4.00. The fraction of sp³-hybridized carbons (Fsp3) is 0.310. The highest BCUT2D eigenvalue weighted by Crippen LogP contribution is 2.36. The van der Waals surface area contributed by atoms with Crippen LogP contribution in [0.2, 0.25) is 5.02 Å². The number of hydrogen-bond acceptors (Lipinski definition) is 6. The molecule has 9 nitrogen and oxygen atoms in total. The summed E-state index contributed by atoms with van der Waals surface area (Å²) in [5.41, 5.74) is 1.80. The van der Waals surface area contributed by atoms with Crippen LogP contribution in [0.3, 0.4) is 0 Å². The van der Waals surface area contributed by atoms with E-state index in [4.69, 9.17) is 21.1 Å². The van der Waals surface area contributed by atoms with E-state index in [0.29, 0.717) is 22.1 Å². The minimum absolute atomic E-state index is 0.0239. The molecule has 1 aliphatic heterocycles. The molecule has 0 fully saturated rings. The Morgan fingerprint density at radius 2 is 1.65 bits per heavy atom. The van der Waals surface area contributed by atoms with Gasteiger partial charge >= 0.3 is 0 Å². The number of benzene rings is 3. The summed E-state index contributed by atoms with van der Waals surface area (Å²) in [6, 6.07) is 19.9. The van der Waals surface area contributed by atoms with E-state index in [1.165, 1.54) is 11.0 Å². The van der Waals surface area contributed by atoms with Gasteiger partial charge in [-0.1, -0.05) is 54.1 Å². The maximum atomic E-state index is 14.1. The molecule has 0 radical (unpaired) electrons. The van der Waals surface area contributed by atoms with E-state index >= 15 is 0 Å². The second-order valence-corrected chi connectivity index (χ2v) is 12.2. The molecule has 40 heavy (non-hydrogen) atoms. The van der Waals surface area contributed by atoms with E-state index in [2.05, 4.69) is 5.32 Å². The first-order chi connectivity index (χ1) is 19.0. The van der Waals surface area contributed by atoms with E-state index < -0.39 is 28.5 Å². The minimum atomic E-state index is -3.90. The van der Waals surface area contributed by atoms with Crippen LogP contribution >= 0.6 is 11.6 Å². The van der Waals surface area contributed by atoms with E-state index in [9.17, 15) is 18.0 Å². The summed E-state index contributed by atoms with van der Waals surface area (Å²) >= 11 is 6.23. The summed E-state index contributed by atoms with van der Waals surface area (Å²) in [5.74, 6) is -0.0295. The molecule has 3 aromatic rings. The third kappa shape index (κ3) is 7.45. The summed E-state index contributed by atoms with van der Waals surface area (Å²) in [4.78, 5) is 29.0. The predicted molar refractivity (Wildman–Crippen MR) is 154 cm³/mol. The summed E-state index contributed by atoms with van der Waals surface area (Å²) in [5, 5.41) is 3.40. The van der Waals surface area contributed by atoms with E-state index in [-0.39, 0.29) is 37.4 Å². The molecule has 1 unspecified atom stereocenters. The first kappa shape index (κ1) is 29.2. The zero-order valence-electron chi connectivity index (χ0n) is 22.5. The van der Waals surface area contributed by atoms with Gasteiger partial charge in [0.2, 0.25) is 28.6 Å². The van der Waals surface area contributed by atoms with Crippen LogP contribution < -0.4 is 19.1 Å². The normalized spacial score (nSPS) is 13.1. The second-order valence-electron chi connectivity index (χ2n) is 9.83. The van der Waals surface area contributed by atoms with Gasteiger partial charge in [0, 0.05) is 30.1 Å². The number of amides is 2. The number of nitrogens with one attached hydrogen (secondary N) is 1. The Labute approximate surface area is 239 Å². The maximum Gasteiger partial charge on any atom is 0.244 e. The monoisotopic (exact) mass is 585 g/mol. The molecule has 1 atom stereocenters. The van der Waals surface area contributed by atoms with Gasteiger partial charge in [-0.25, -0.2) is 8.42 Å². The molecule has 3 aromatic carbocycles.